The number of aromatic nitrogens is 2. The molecule has 2 heterocycles. The first kappa shape index (κ1) is 18.7. The largest absolute Gasteiger partial charge is 0.486 e. The van der Waals surface area contributed by atoms with Gasteiger partial charge in [0.25, 0.3) is 15.6 Å². The van der Waals surface area contributed by atoms with Crippen molar-refractivity contribution in [3.8, 4) is 11.5 Å². The van der Waals surface area contributed by atoms with Gasteiger partial charge in [0, 0.05) is 18.2 Å². The molecule has 1 aliphatic rings. The molecule has 0 radical (unpaired) electrons. The maximum atomic E-state index is 12.4. The van der Waals surface area contributed by atoms with Gasteiger partial charge < -0.3 is 19.3 Å². The Kier molecular flexibility index (Phi) is 4.80. The van der Waals surface area contributed by atoms with Gasteiger partial charge in [-0.15, -0.1) is 4.40 Å². The first-order valence-corrected chi connectivity index (χ1v) is 9.94. The van der Waals surface area contributed by atoms with Crippen LogP contribution < -0.4 is 30.3 Å². The van der Waals surface area contributed by atoms with Crippen molar-refractivity contribution in [2.24, 2.45) is 4.40 Å². The van der Waals surface area contributed by atoms with E-state index in [-0.39, 0.29) is 23.1 Å². The fourth-order valence-electron chi connectivity index (χ4n) is 2.69. The lowest BCUT2D eigenvalue weighted by atomic mass is 10.2. The molecule has 29 heavy (non-hydrogen) atoms. The number of amides is 1. The van der Waals surface area contributed by atoms with Gasteiger partial charge in [0.05, 0.1) is 4.90 Å². The van der Waals surface area contributed by atoms with Crippen LogP contribution in [0.5, 0.6) is 11.5 Å². The number of anilines is 1. The lowest BCUT2D eigenvalue weighted by molar-refractivity contribution is -0.760. The number of carbonyl (C=O) groups excluding carboxylic acids is 1. The first-order valence-electron chi connectivity index (χ1n) is 8.50. The summed E-state index contributed by atoms with van der Waals surface area (Å²) in [6.45, 7) is 1.88. The highest BCUT2D eigenvalue weighted by Gasteiger charge is 2.16. The Bertz CT molecular complexity index is 1230. The van der Waals surface area contributed by atoms with E-state index in [1.807, 2.05) is 12.1 Å². The van der Waals surface area contributed by atoms with Crippen LogP contribution >= 0.6 is 0 Å². The maximum absolute atomic E-state index is 12.4. The van der Waals surface area contributed by atoms with E-state index < -0.39 is 10.0 Å². The summed E-state index contributed by atoms with van der Waals surface area (Å²) in [7, 11) is -4.00. The molecule has 1 aliphatic heterocycles. The molecule has 10 nitrogen and oxygen atoms in total. The number of hydrogen-bond acceptors (Lipinski definition) is 6. The third-order valence-electron chi connectivity index (χ3n) is 3.96. The molecule has 0 saturated heterocycles. The molecule has 0 unspecified atom stereocenters. The molecule has 0 aliphatic carbocycles. The lowest BCUT2D eigenvalue weighted by Crippen LogP contribution is -2.37. The summed E-state index contributed by atoms with van der Waals surface area (Å²) >= 11 is 0. The second-order valence-corrected chi connectivity index (χ2v) is 7.80. The summed E-state index contributed by atoms with van der Waals surface area (Å²) in [5, 5.41) is 6.36. The van der Waals surface area contributed by atoms with Gasteiger partial charge >= 0.3 is 0 Å². The Morgan fingerprint density at radius 2 is 1.93 bits per heavy atom. The van der Waals surface area contributed by atoms with Gasteiger partial charge in [0.2, 0.25) is 18.9 Å². The van der Waals surface area contributed by atoms with Crippen molar-refractivity contribution in [2.45, 2.75) is 18.4 Å². The van der Waals surface area contributed by atoms with Crippen LogP contribution in [0.3, 0.4) is 0 Å². The topological polar surface area (TPSA) is 125 Å². The molecule has 1 aromatic heterocycles. The highest BCUT2D eigenvalue weighted by atomic mass is 32.2. The van der Waals surface area contributed by atoms with Crippen LogP contribution in [-0.4, -0.2) is 21.1 Å². The average molecular weight is 416 g/mol. The second-order valence-electron chi connectivity index (χ2n) is 6.20. The predicted octanol–water partition coefficient (Wildman–Crippen LogP) is 0.549. The molecule has 0 atom stereocenters. The van der Waals surface area contributed by atoms with Crippen molar-refractivity contribution in [1.82, 2.24) is 5.27 Å². The molecule has 0 bridgehead atoms. The Labute approximate surface area is 165 Å². The van der Waals surface area contributed by atoms with Crippen molar-refractivity contribution in [2.75, 3.05) is 12.1 Å². The number of nitrogens with zero attached hydrogens (tertiary/aromatic N) is 3. The van der Waals surface area contributed by atoms with E-state index in [9.17, 15) is 13.2 Å². The van der Waals surface area contributed by atoms with E-state index in [2.05, 4.69) is 15.0 Å². The Hall–Kier alpha value is -3.60. The van der Waals surface area contributed by atoms with E-state index in [0.29, 0.717) is 23.7 Å². The summed E-state index contributed by atoms with van der Waals surface area (Å²) < 4.78 is 45.6. The van der Waals surface area contributed by atoms with Crippen LogP contribution in [-0.2, 0) is 21.4 Å². The van der Waals surface area contributed by atoms with Crippen LogP contribution in [0.4, 0.5) is 5.69 Å². The minimum absolute atomic E-state index is 0.0367. The normalized spacial score (nSPS) is 13.5. The number of benzene rings is 2. The molecular weight excluding hydrogens is 400 g/mol. The zero-order valence-corrected chi connectivity index (χ0v) is 16.0. The predicted molar refractivity (Wildman–Crippen MR) is 97.4 cm³/mol. The molecule has 11 heteroatoms. The molecule has 0 saturated carbocycles. The zero-order valence-electron chi connectivity index (χ0n) is 15.2. The number of ether oxygens (including phenoxy) is 2. The van der Waals surface area contributed by atoms with Gasteiger partial charge in [-0.1, -0.05) is 0 Å². The third kappa shape index (κ3) is 4.29. The number of sulfonamides is 1. The van der Waals surface area contributed by atoms with Gasteiger partial charge in [-0.2, -0.15) is 8.42 Å². The van der Waals surface area contributed by atoms with Crippen LogP contribution in [0, 0.1) is 0 Å². The molecule has 1 amide bonds. The van der Waals surface area contributed by atoms with Crippen LogP contribution in [0.1, 0.15) is 12.5 Å². The van der Waals surface area contributed by atoms with Gasteiger partial charge in [0.15, 0.2) is 18.0 Å². The summed E-state index contributed by atoms with van der Waals surface area (Å²) in [4.78, 5) is 11.0. The summed E-state index contributed by atoms with van der Waals surface area (Å²) in [6.07, 6.45) is 1.38. The zero-order chi connectivity index (χ0) is 20.4. The summed E-state index contributed by atoms with van der Waals surface area (Å²) in [5.41, 5.74) is 1.20. The number of carbonyl (C=O) groups is 1. The second kappa shape index (κ2) is 7.43. The van der Waals surface area contributed by atoms with Gasteiger partial charge in [-0.3, -0.25) is 10.1 Å². The van der Waals surface area contributed by atoms with Crippen molar-refractivity contribution >= 4 is 21.6 Å². The van der Waals surface area contributed by atoms with Gasteiger partial charge in [-0.25, -0.2) is 4.68 Å². The Balaban J connectivity index is 1.52. The van der Waals surface area contributed by atoms with Crippen molar-refractivity contribution in [3.05, 3.63) is 59.8 Å². The third-order valence-corrected chi connectivity index (χ3v) is 5.25. The van der Waals surface area contributed by atoms with E-state index in [0.717, 1.165) is 5.56 Å². The van der Waals surface area contributed by atoms with Crippen LogP contribution in [0.15, 0.2) is 62.5 Å². The highest BCUT2D eigenvalue weighted by Crippen LogP contribution is 2.32. The van der Waals surface area contributed by atoms with E-state index in [1.54, 1.807) is 6.07 Å². The van der Waals surface area contributed by atoms with E-state index >= 15 is 0 Å². The maximum Gasteiger partial charge on any atom is 0.285 e. The average Bonchev–Trinajstić information content (AvgIpc) is 3.30. The summed E-state index contributed by atoms with van der Waals surface area (Å²) in [5.74, 6) is 1.06. The fourth-order valence-corrected chi connectivity index (χ4v) is 3.60. The molecule has 150 valence electrons. The first-order chi connectivity index (χ1) is 13.9. The molecule has 2 aromatic carbocycles. The number of nitrogens with one attached hydrogen (secondary N) is 1. The fraction of sp³-hybridized carbons (Fsp3) is 0.167. The molecule has 1 N–H and O–H groups in total. The Morgan fingerprint density at radius 3 is 2.69 bits per heavy atom. The smallest absolute Gasteiger partial charge is 0.285 e. The monoisotopic (exact) mass is 416 g/mol. The minimum atomic E-state index is -4.00. The minimum Gasteiger partial charge on any atom is -0.486 e. The van der Waals surface area contributed by atoms with Crippen molar-refractivity contribution < 1.29 is 31.9 Å². The van der Waals surface area contributed by atoms with Gasteiger partial charge in [-0.05, 0) is 42.5 Å². The van der Waals surface area contributed by atoms with E-state index in [4.69, 9.17) is 14.0 Å². The van der Waals surface area contributed by atoms with E-state index in [1.165, 1.54) is 42.1 Å². The quantitative estimate of drug-likeness (QED) is 0.602. The summed E-state index contributed by atoms with van der Waals surface area (Å²) in [6, 6.07) is 11.1. The highest BCUT2D eigenvalue weighted by molar-refractivity contribution is 7.90. The van der Waals surface area contributed by atoms with Gasteiger partial charge in [0.1, 0.15) is 0 Å². The molecule has 3 aromatic rings. The molecular formula is C18H16N4O6S. The number of fused-ring (bicyclic) bond motifs is 1. The van der Waals surface area contributed by atoms with Crippen LogP contribution in [0.25, 0.3) is 0 Å². The Morgan fingerprint density at radius 1 is 1.17 bits per heavy atom. The van der Waals surface area contributed by atoms with Crippen molar-refractivity contribution in [3.63, 3.8) is 0 Å². The molecule has 4 rings (SSSR count). The lowest BCUT2D eigenvalue weighted by Gasteiger charge is -2.02. The number of hydrogen-bond donors (Lipinski definition) is 1. The van der Waals surface area contributed by atoms with Crippen LogP contribution in [0.2, 0.25) is 0 Å². The number of rotatable bonds is 5. The standard InChI is InChI=1S/C18H16N4O6S/c1-12(23)19-14-3-5-15(6-4-14)29(24,25)20-18-10-22(21-28-18)9-13-2-7-16-17(8-13)27-11-26-16/h2-8,10H,9,11H2,1H3,(H,19,23). The SMILES string of the molecule is CC(=O)Nc1ccc(S(=O)(=O)N=c2c[n+](Cc3ccc4c(c3)OCO4)[n-]o2)cc1. The molecule has 0 spiro atoms. The van der Waals surface area contributed by atoms with Crippen molar-refractivity contribution in [1.29, 1.82) is 0 Å². The molecule has 0 fully saturated rings.